The van der Waals surface area contributed by atoms with Crippen molar-refractivity contribution in [3.63, 3.8) is 0 Å². The van der Waals surface area contributed by atoms with E-state index in [2.05, 4.69) is 113 Å². The summed E-state index contributed by atoms with van der Waals surface area (Å²) in [6.07, 6.45) is 7.79. The Kier molecular flexibility index (Phi) is 8.34. The van der Waals surface area contributed by atoms with Crippen molar-refractivity contribution in [1.82, 2.24) is 13.8 Å². The van der Waals surface area contributed by atoms with E-state index in [1.54, 1.807) is 11.9 Å². The smallest absolute Gasteiger partial charge is 0.131 e. The summed E-state index contributed by atoms with van der Waals surface area (Å²) in [5, 5.41) is 11.3. The Morgan fingerprint density at radius 1 is 1.05 bits per heavy atom. The van der Waals surface area contributed by atoms with Crippen LogP contribution in [-0.4, -0.2) is 40.5 Å². The molecule has 1 saturated heterocycles. The van der Waals surface area contributed by atoms with Crippen LogP contribution in [0.25, 0.3) is 10.9 Å². The van der Waals surface area contributed by atoms with Crippen LogP contribution in [0.4, 0.5) is 0 Å². The highest BCUT2D eigenvalue weighted by Crippen LogP contribution is 2.40. The summed E-state index contributed by atoms with van der Waals surface area (Å²) in [5.41, 5.74) is 6.06. The summed E-state index contributed by atoms with van der Waals surface area (Å²) >= 11 is 1.60. The minimum Gasteiger partial charge on any atom is -0.343 e. The fourth-order valence-electron chi connectivity index (χ4n) is 5.76. The van der Waals surface area contributed by atoms with E-state index in [1.807, 2.05) is 18.2 Å². The van der Waals surface area contributed by atoms with E-state index in [-0.39, 0.29) is 11.3 Å². The van der Waals surface area contributed by atoms with Crippen LogP contribution < -0.4 is 0 Å². The van der Waals surface area contributed by atoms with E-state index in [4.69, 9.17) is 0 Å². The molecule has 5 heteroatoms. The van der Waals surface area contributed by atoms with Gasteiger partial charge in [0.1, 0.15) is 5.25 Å². The summed E-state index contributed by atoms with van der Waals surface area (Å²) in [7, 11) is 4.33. The second-order valence-corrected chi connectivity index (χ2v) is 11.5. The van der Waals surface area contributed by atoms with Crippen LogP contribution in [0.2, 0.25) is 0 Å². The van der Waals surface area contributed by atoms with Crippen LogP contribution in [0.3, 0.4) is 0 Å². The van der Waals surface area contributed by atoms with Gasteiger partial charge in [0.2, 0.25) is 0 Å². The van der Waals surface area contributed by atoms with Gasteiger partial charge in [-0.05, 0) is 74.3 Å². The van der Waals surface area contributed by atoms with Crippen molar-refractivity contribution in [1.29, 1.82) is 5.26 Å². The van der Waals surface area contributed by atoms with Gasteiger partial charge in [0.05, 0.1) is 12.1 Å². The molecule has 1 aromatic heterocycles. The molecule has 1 unspecified atom stereocenters. The number of likely N-dealkylation sites (N-methyl/N-ethyl adjacent to an activating group) is 1. The molecule has 0 spiro atoms. The SMILES string of the molecule is C=CCn1cc(C[C@H]2CCCN2C)c2cc(C(C#N)SN(C)C(c3ccccc3)c3ccccc3)ccc21. The molecule has 0 amide bonds. The van der Waals surface area contributed by atoms with Crippen molar-refractivity contribution in [3.05, 3.63) is 120 Å². The topological polar surface area (TPSA) is 35.2 Å². The highest BCUT2D eigenvalue weighted by molar-refractivity contribution is 7.97. The van der Waals surface area contributed by atoms with Crippen molar-refractivity contribution in [2.75, 3.05) is 20.6 Å². The third kappa shape index (κ3) is 5.59. The maximum absolute atomic E-state index is 10.3. The van der Waals surface area contributed by atoms with E-state index in [1.165, 1.54) is 47.0 Å². The van der Waals surface area contributed by atoms with Gasteiger partial charge in [-0.15, -0.1) is 6.58 Å². The van der Waals surface area contributed by atoms with Crippen molar-refractivity contribution in [3.8, 4) is 6.07 Å². The lowest BCUT2D eigenvalue weighted by Crippen LogP contribution is -2.26. The Balaban J connectivity index is 1.46. The number of nitrogens with zero attached hydrogens (tertiary/aromatic N) is 4. The molecular formula is C33H36N4S. The van der Waals surface area contributed by atoms with Gasteiger partial charge in [0.25, 0.3) is 0 Å². The van der Waals surface area contributed by atoms with E-state index in [0.29, 0.717) is 6.04 Å². The number of benzene rings is 3. The first-order valence-electron chi connectivity index (χ1n) is 13.4. The monoisotopic (exact) mass is 520 g/mol. The van der Waals surface area contributed by atoms with Crippen molar-refractivity contribution in [2.45, 2.75) is 43.1 Å². The van der Waals surface area contributed by atoms with E-state index in [0.717, 1.165) is 18.5 Å². The first kappa shape index (κ1) is 26.3. The van der Waals surface area contributed by atoms with Gasteiger partial charge in [0, 0.05) is 29.7 Å². The lowest BCUT2D eigenvalue weighted by Gasteiger charge is -2.29. The van der Waals surface area contributed by atoms with Crippen LogP contribution in [0.1, 0.15) is 46.4 Å². The van der Waals surface area contributed by atoms with Gasteiger partial charge in [-0.3, -0.25) is 0 Å². The zero-order valence-electron chi connectivity index (χ0n) is 22.3. The molecule has 0 radical (unpaired) electrons. The summed E-state index contributed by atoms with van der Waals surface area (Å²) in [6.45, 7) is 5.92. The average Bonchev–Trinajstić information content (AvgIpc) is 3.51. The van der Waals surface area contributed by atoms with E-state index < -0.39 is 0 Å². The molecule has 0 N–H and O–H groups in total. The van der Waals surface area contributed by atoms with Crippen molar-refractivity contribution < 1.29 is 0 Å². The van der Waals surface area contributed by atoms with Gasteiger partial charge >= 0.3 is 0 Å². The Hall–Kier alpha value is -3.30. The molecule has 1 aliphatic heterocycles. The molecule has 0 aliphatic carbocycles. The third-order valence-electron chi connectivity index (χ3n) is 7.73. The zero-order chi connectivity index (χ0) is 26.5. The van der Waals surface area contributed by atoms with E-state index in [9.17, 15) is 5.26 Å². The van der Waals surface area contributed by atoms with Gasteiger partial charge < -0.3 is 9.47 Å². The summed E-state index contributed by atoms with van der Waals surface area (Å²) in [6, 6.07) is 30.9. The average molecular weight is 521 g/mol. The lowest BCUT2D eigenvalue weighted by molar-refractivity contribution is 0.309. The molecule has 5 rings (SSSR count). The molecule has 2 heterocycles. The van der Waals surface area contributed by atoms with Crippen molar-refractivity contribution in [2.24, 2.45) is 0 Å². The van der Waals surface area contributed by atoms with Gasteiger partial charge in [-0.1, -0.05) is 84.8 Å². The number of aromatic nitrogens is 1. The highest BCUT2D eigenvalue weighted by Gasteiger charge is 2.26. The maximum atomic E-state index is 10.3. The second kappa shape index (κ2) is 12.0. The van der Waals surface area contributed by atoms with Crippen LogP contribution in [0.5, 0.6) is 0 Å². The van der Waals surface area contributed by atoms with Crippen molar-refractivity contribution >= 4 is 22.9 Å². The number of hydrogen-bond acceptors (Lipinski definition) is 4. The zero-order valence-corrected chi connectivity index (χ0v) is 23.1. The maximum Gasteiger partial charge on any atom is 0.131 e. The van der Waals surface area contributed by atoms with E-state index >= 15 is 0 Å². The Bertz CT molecular complexity index is 1370. The lowest BCUT2D eigenvalue weighted by atomic mass is 9.99. The number of rotatable bonds is 10. The largest absolute Gasteiger partial charge is 0.343 e. The Morgan fingerprint density at radius 3 is 2.32 bits per heavy atom. The molecule has 4 aromatic rings. The predicted octanol–water partition coefficient (Wildman–Crippen LogP) is 7.40. The van der Waals surface area contributed by atoms with Gasteiger partial charge in [0.15, 0.2) is 0 Å². The first-order valence-corrected chi connectivity index (χ1v) is 14.2. The summed E-state index contributed by atoms with van der Waals surface area (Å²) in [5.74, 6) is 0. The number of fused-ring (bicyclic) bond motifs is 1. The predicted molar refractivity (Wildman–Crippen MR) is 160 cm³/mol. The second-order valence-electron chi connectivity index (χ2n) is 10.2. The van der Waals surface area contributed by atoms with Gasteiger partial charge in [-0.2, -0.15) is 5.26 Å². The molecule has 4 nitrogen and oxygen atoms in total. The fraction of sp³-hybridized carbons (Fsp3) is 0.303. The van der Waals surface area contributed by atoms with Gasteiger partial charge in [-0.25, -0.2) is 4.31 Å². The molecule has 2 atom stereocenters. The number of likely N-dealkylation sites (tertiary alicyclic amines) is 1. The minimum absolute atomic E-state index is 0.0455. The minimum atomic E-state index is -0.316. The quantitative estimate of drug-likeness (QED) is 0.161. The van der Waals surface area contributed by atoms with Crippen LogP contribution >= 0.6 is 11.9 Å². The van der Waals surface area contributed by atoms with Crippen LogP contribution in [-0.2, 0) is 13.0 Å². The number of allylic oxidation sites excluding steroid dienone is 1. The highest BCUT2D eigenvalue weighted by atomic mass is 32.2. The van der Waals surface area contributed by atoms with Crippen LogP contribution in [0, 0.1) is 11.3 Å². The number of hydrogen-bond donors (Lipinski definition) is 0. The number of nitriles is 1. The molecule has 0 bridgehead atoms. The molecule has 3 aromatic carbocycles. The Morgan fingerprint density at radius 2 is 1.74 bits per heavy atom. The normalized spacial score (nSPS) is 16.8. The summed E-state index contributed by atoms with van der Waals surface area (Å²) < 4.78 is 4.53. The first-order chi connectivity index (χ1) is 18.6. The third-order valence-corrected chi connectivity index (χ3v) is 8.86. The Labute approximate surface area is 231 Å². The standard InChI is InChI=1S/C33H36N4S/c1-4-19-37-24-28(21-29-16-11-20-35(29)2)30-22-27(17-18-31(30)37)32(23-34)38-36(3)33(25-12-7-5-8-13-25)26-14-9-6-10-15-26/h4-10,12-15,17-18,22,24,29,32-33H,1,11,16,19-21H2,2-3H3/t29-,32?/m1/s1. The molecule has 194 valence electrons. The fourth-order valence-corrected chi connectivity index (χ4v) is 6.78. The van der Waals surface area contributed by atoms with Crippen LogP contribution in [0.15, 0.2) is 97.7 Å². The molecule has 1 aliphatic rings. The molecular weight excluding hydrogens is 484 g/mol. The molecule has 0 saturated carbocycles. The molecule has 38 heavy (non-hydrogen) atoms. The molecule has 1 fully saturated rings. The summed E-state index contributed by atoms with van der Waals surface area (Å²) in [4.78, 5) is 2.48.